The van der Waals surface area contributed by atoms with Crippen LogP contribution in [0.25, 0.3) is 0 Å². The maximum Gasteiger partial charge on any atom is 2.00 e. The van der Waals surface area contributed by atoms with Gasteiger partial charge in [0.25, 0.3) is 0 Å². The zero-order chi connectivity index (χ0) is 2.71. The molecule has 0 atom stereocenters. The Balaban J connectivity index is -0.0000000200. The molecular weight excluding hydrogens is 80.5 g/mol. The van der Waals surface area contributed by atoms with Crippen molar-refractivity contribution in [3.05, 3.63) is 12.7 Å². The van der Waals surface area contributed by atoms with Crippen LogP contribution in [-0.2, 0) is 0 Å². The molecule has 26 valence electrons. The van der Waals surface area contributed by atoms with E-state index in [1.807, 2.05) is 0 Å². The van der Waals surface area contributed by atoms with E-state index in [2.05, 4.69) is 0 Å². The summed E-state index contributed by atoms with van der Waals surface area (Å²) in [6.07, 6.45) is 1.50. The summed E-state index contributed by atoms with van der Waals surface area (Å²) < 4.78 is 0. The second-order valence-corrected chi connectivity index (χ2v) is 0.333. The van der Waals surface area contributed by atoms with Crippen LogP contribution < -0.4 is 12.4 Å². The van der Waals surface area contributed by atoms with Crippen LogP contribution >= 0.6 is 0 Å². The maximum absolute atomic E-state index is 4.72. The number of rotatable bonds is 0. The first-order chi connectivity index (χ1) is 1.41. The standard InChI is InChI=1S/C3H5.Be.ClH/c1-3-2;;/h1,3H,2H3;;1H/q-1;+2;/p-1. The van der Waals surface area contributed by atoms with E-state index in [0.29, 0.717) is 0 Å². The first-order valence-electron chi connectivity index (χ1n) is 0.911. The third kappa shape index (κ3) is 514. The fourth-order valence-corrected chi connectivity index (χ4v) is 0. The molecule has 0 aromatic carbocycles. The van der Waals surface area contributed by atoms with E-state index in [4.69, 9.17) is 6.58 Å². The zero-order valence-corrected chi connectivity index (χ0v) is 4.00. The van der Waals surface area contributed by atoms with Crippen LogP contribution in [0.4, 0.5) is 0 Å². The minimum absolute atomic E-state index is 0. The van der Waals surface area contributed by atoms with E-state index in [-0.39, 0.29) is 22.5 Å². The summed E-state index contributed by atoms with van der Waals surface area (Å²) in [5.74, 6) is 0. The molecule has 0 nitrogen and oxygen atoms in total. The van der Waals surface area contributed by atoms with Gasteiger partial charge in [-0.1, -0.05) is 6.92 Å². The zero-order valence-electron chi connectivity index (χ0n) is 3.24. The van der Waals surface area contributed by atoms with E-state index < -0.39 is 0 Å². The van der Waals surface area contributed by atoms with Gasteiger partial charge in [0.15, 0.2) is 0 Å². The average molecular weight is 85.5 g/mol. The first-order valence-corrected chi connectivity index (χ1v) is 0.911. The average Bonchev–Trinajstić information content (AvgIpc) is 0.918. The molecule has 0 N–H and O–H groups in total. The number of halogens is 1. The van der Waals surface area contributed by atoms with Crippen LogP contribution in [0.2, 0.25) is 0 Å². The van der Waals surface area contributed by atoms with Gasteiger partial charge in [0, 0.05) is 0 Å². The molecule has 0 saturated heterocycles. The molecule has 0 aliphatic heterocycles. The third-order valence-corrected chi connectivity index (χ3v) is 0. The largest absolute Gasteiger partial charge is 2.00 e. The number of allylic oxidation sites excluding steroid dienone is 1. The van der Waals surface area contributed by atoms with Crippen LogP contribution in [0.5, 0.6) is 0 Å². The van der Waals surface area contributed by atoms with Crippen molar-refractivity contribution in [2.45, 2.75) is 6.92 Å². The molecule has 0 rings (SSSR count). The molecule has 0 bridgehead atoms. The summed E-state index contributed by atoms with van der Waals surface area (Å²) >= 11 is 0. The van der Waals surface area contributed by atoms with Gasteiger partial charge in [-0.05, 0) is 0 Å². The molecule has 2 heteroatoms. The van der Waals surface area contributed by atoms with E-state index in [0.717, 1.165) is 0 Å². The third-order valence-electron chi connectivity index (χ3n) is 0. The minimum atomic E-state index is 0. The van der Waals surface area contributed by atoms with E-state index in [1.165, 1.54) is 6.08 Å². The van der Waals surface area contributed by atoms with Gasteiger partial charge >= 0.3 is 10.1 Å². The molecule has 0 amide bonds. The van der Waals surface area contributed by atoms with Crippen molar-refractivity contribution in [1.82, 2.24) is 0 Å². The SMILES string of the molecule is [Be+2].[CH-]=CC.[Cl-]. The maximum atomic E-state index is 4.72. The van der Waals surface area contributed by atoms with Gasteiger partial charge in [0.2, 0.25) is 0 Å². The molecule has 0 unspecified atom stereocenters. The fraction of sp³-hybridized carbons (Fsp3) is 0.333. The molecule has 5 heavy (non-hydrogen) atoms. The minimum Gasteiger partial charge on any atom is -1.00 e. The molecule has 0 radical (unpaired) electrons. The second-order valence-electron chi connectivity index (χ2n) is 0.333. The Morgan fingerprint density at radius 2 is 1.60 bits per heavy atom. The van der Waals surface area contributed by atoms with Crippen molar-refractivity contribution in [1.29, 1.82) is 0 Å². The summed E-state index contributed by atoms with van der Waals surface area (Å²) in [6, 6.07) is 0. The van der Waals surface area contributed by atoms with E-state index in [9.17, 15) is 0 Å². The molecule has 0 aromatic heterocycles. The van der Waals surface area contributed by atoms with Crippen LogP contribution in [0.1, 0.15) is 6.92 Å². The normalized spacial score (nSPS) is 2.60. The summed E-state index contributed by atoms with van der Waals surface area (Å²) in [6.45, 7) is 6.50. The Labute approximate surface area is 42.9 Å². The van der Waals surface area contributed by atoms with Gasteiger partial charge in [-0.25, -0.2) is 0 Å². The van der Waals surface area contributed by atoms with E-state index >= 15 is 0 Å². The summed E-state index contributed by atoms with van der Waals surface area (Å²) in [7, 11) is 0. The molecule has 0 aromatic rings. The van der Waals surface area contributed by atoms with Gasteiger partial charge in [-0.3, -0.25) is 6.08 Å². The van der Waals surface area contributed by atoms with Gasteiger partial charge in [0.1, 0.15) is 0 Å². The Morgan fingerprint density at radius 1 is 1.60 bits per heavy atom. The molecule has 0 spiro atoms. The molecular formula is C3H5BeCl. The summed E-state index contributed by atoms with van der Waals surface area (Å²) in [5.41, 5.74) is 0. The molecule has 0 aliphatic rings. The van der Waals surface area contributed by atoms with Crippen molar-refractivity contribution < 1.29 is 12.4 Å². The second kappa shape index (κ2) is 29.9. The number of hydrogen-bond donors (Lipinski definition) is 0. The van der Waals surface area contributed by atoms with Crippen LogP contribution in [0.3, 0.4) is 0 Å². The fourth-order valence-electron chi connectivity index (χ4n) is 0. The van der Waals surface area contributed by atoms with Crippen molar-refractivity contribution in [2.75, 3.05) is 0 Å². The van der Waals surface area contributed by atoms with Gasteiger partial charge in [-0.15, -0.1) is 0 Å². The van der Waals surface area contributed by atoms with E-state index in [1.54, 1.807) is 6.92 Å². The molecule has 0 saturated carbocycles. The predicted molar refractivity (Wildman–Crippen MR) is 20.3 cm³/mol. The Hall–Kier alpha value is 0.199. The summed E-state index contributed by atoms with van der Waals surface area (Å²) in [5, 5.41) is 0. The van der Waals surface area contributed by atoms with Gasteiger partial charge < -0.3 is 19.0 Å². The monoisotopic (exact) mass is 85.0 g/mol. The van der Waals surface area contributed by atoms with Crippen LogP contribution in [0, 0.1) is 6.58 Å². The smallest absolute Gasteiger partial charge is 1.00 e. The Kier molecular flexibility index (Phi) is 113. The van der Waals surface area contributed by atoms with Crippen molar-refractivity contribution >= 4 is 10.1 Å². The topological polar surface area (TPSA) is 0 Å². The van der Waals surface area contributed by atoms with Crippen LogP contribution in [-0.4, -0.2) is 10.1 Å². The molecule has 0 heterocycles. The Bertz CT molecular complexity index is 14.4. The first kappa shape index (κ1) is 19.0. The van der Waals surface area contributed by atoms with Crippen molar-refractivity contribution in [3.63, 3.8) is 0 Å². The van der Waals surface area contributed by atoms with Crippen molar-refractivity contribution in [2.24, 2.45) is 0 Å². The van der Waals surface area contributed by atoms with Crippen LogP contribution in [0.15, 0.2) is 6.08 Å². The summed E-state index contributed by atoms with van der Waals surface area (Å²) in [4.78, 5) is 0. The predicted octanol–water partition coefficient (Wildman–Crippen LogP) is -2.38. The molecule has 0 aliphatic carbocycles. The Morgan fingerprint density at radius 3 is 1.60 bits per heavy atom. The number of hydrogen-bond acceptors (Lipinski definition) is 0. The van der Waals surface area contributed by atoms with Gasteiger partial charge in [-0.2, -0.15) is 0 Å². The molecule has 0 fully saturated rings. The van der Waals surface area contributed by atoms with Crippen molar-refractivity contribution in [3.8, 4) is 0 Å². The van der Waals surface area contributed by atoms with Gasteiger partial charge in [0.05, 0.1) is 0 Å². The quantitative estimate of drug-likeness (QED) is 0.228.